The highest BCUT2D eigenvalue weighted by Gasteiger charge is 2.17. The predicted molar refractivity (Wildman–Crippen MR) is 259 cm³/mol. The van der Waals surface area contributed by atoms with Crippen molar-refractivity contribution >= 4 is 11.9 Å². The minimum atomic E-state index is -0.877. The summed E-state index contributed by atoms with van der Waals surface area (Å²) < 4.78 is 5.44. The fourth-order valence-electron chi connectivity index (χ4n) is 7.55. The molecule has 0 aromatic heterocycles. The Kier molecular flexibility index (Phi) is 47.7. The van der Waals surface area contributed by atoms with Crippen LogP contribution >= 0.6 is 0 Å². The number of carbonyl (C=O) groups excluding carboxylic acids is 2. The summed E-state index contributed by atoms with van der Waals surface area (Å²) in [6, 6.07) is -0.667. The van der Waals surface area contributed by atoms with E-state index in [1.165, 1.54) is 154 Å². The average Bonchev–Trinajstić information content (AvgIpc) is 3.25. The van der Waals surface area contributed by atoms with Crippen molar-refractivity contribution in [2.24, 2.45) is 0 Å². The van der Waals surface area contributed by atoms with Crippen molar-refractivity contribution in [3.05, 3.63) is 48.6 Å². The molecule has 0 rings (SSSR count). The third-order valence-corrected chi connectivity index (χ3v) is 11.6. The zero-order chi connectivity index (χ0) is 43.7. The molecule has 6 heteroatoms. The van der Waals surface area contributed by atoms with Crippen LogP contribution in [0.4, 0.5) is 0 Å². The fraction of sp³-hybridized carbons (Fsp3) is 0.815. The monoisotopic (exact) mass is 842 g/mol. The van der Waals surface area contributed by atoms with E-state index in [9.17, 15) is 19.8 Å². The first-order valence-electron chi connectivity index (χ1n) is 25.9. The van der Waals surface area contributed by atoms with Gasteiger partial charge in [0.05, 0.1) is 25.4 Å². The number of esters is 1. The third-order valence-electron chi connectivity index (χ3n) is 11.6. The van der Waals surface area contributed by atoms with Crippen molar-refractivity contribution in [2.45, 2.75) is 270 Å². The van der Waals surface area contributed by atoms with Crippen LogP contribution in [-0.4, -0.2) is 47.4 Å². The van der Waals surface area contributed by atoms with Crippen molar-refractivity contribution in [3.63, 3.8) is 0 Å². The number of ether oxygens (including phenoxy) is 1. The Morgan fingerprint density at radius 3 is 1.33 bits per heavy atom. The van der Waals surface area contributed by atoms with Gasteiger partial charge in [-0.2, -0.15) is 0 Å². The Morgan fingerprint density at radius 1 is 0.467 bits per heavy atom. The van der Waals surface area contributed by atoms with Crippen molar-refractivity contribution in [1.82, 2.24) is 5.32 Å². The smallest absolute Gasteiger partial charge is 0.305 e. The second kappa shape index (κ2) is 49.5. The molecule has 2 unspecified atom stereocenters. The lowest BCUT2D eigenvalue weighted by Gasteiger charge is -2.19. The Labute approximate surface area is 372 Å². The van der Waals surface area contributed by atoms with Crippen LogP contribution in [0.2, 0.25) is 0 Å². The van der Waals surface area contributed by atoms with Crippen LogP contribution in [0.1, 0.15) is 258 Å². The van der Waals surface area contributed by atoms with Gasteiger partial charge < -0.3 is 20.3 Å². The molecule has 0 aliphatic rings. The molecule has 0 saturated heterocycles. The molecular weight excluding hydrogens is 743 g/mol. The first-order valence-corrected chi connectivity index (χ1v) is 25.9. The second-order valence-corrected chi connectivity index (χ2v) is 17.5. The number of allylic oxidation sites excluding steroid dienone is 7. The lowest BCUT2D eigenvalue weighted by molar-refractivity contribution is -0.143. The number of amides is 1. The summed E-state index contributed by atoms with van der Waals surface area (Å²) in [6.07, 6.45) is 61.1. The number of carbonyl (C=O) groups is 2. The number of nitrogens with one attached hydrogen (secondary N) is 1. The number of hydrogen-bond acceptors (Lipinski definition) is 5. The van der Waals surface area contributed by atoms with Crippen molar-refractivity contribution < 1.29 is 24.5 Å². The second-order valence-electron chi connectivity index (χ2n) is 17.5. The summed E-state index contributed by atoms with van der Waals surface area (Å²) in [5.41, 5.74) is 0. The third kappa shape index (κ3) is 45.3. The lowest BCUT2D eigenvalue weighted by Crippen LogP contribution is -2.45. The molecule has 0 aromatic rings. The molecule has 0 bridgehead atoms. The zero-order valence-electron chi connectivity index (χ0n) is 39.7. The van der Waals surface area contributed by atoms with E-state index in [4.69, 9.17) is 4.74 Å². The van der Waals surface area contributed by atoms with Crippen LogP contribution in [0.5, 0.6) is 0 Å². The van der Waals surface area contributed by atoms with Gasteiger partial charge in [-0.05, 0) is 83.5 Å². The molecular formula is C54H99NO5. The molecule has 350 valence electrons. The Bertz CT molecular complexity index is 1020. The van der Waals surface area contributed by atoms with Gasteiger partial charge in [0.1, 0.15) is 0 Å². The van der Waals surface area contributed by atoms with E-state index in [2.05, 4.69) is 55.6 Å². The Balaban J connectivity index is 3.58. The molecule has 0 radical (unpaired) electrons. The quantitative estimate of drug-likeness (QED) is 0.0322. The topological polar surface area (TPSA) is 95.9 Å². The van der Waals surface area contributed by atoms with Crippen LogP contribution in [0.15, 0.2) is 48.6 Å². The average molecular weight is 842 g/mol. The van der Waals surface area contributed by atoms with Gasteiger partial charge >= 0.3 is 5.97 Å². The minimum Gasteiger partial charge on any atom is -0.466 e. The van der Waals surface area contributed by atoms with Crippen LogP contribution < -0.4 is 5.32 Å². The van der Waals surface area contributed by atoms with E-state index < -0.39 is 12.1 Å². The number of unbranched alkanes of at least 4 members (excludes halogenated alkanes) is 30. The van der Waals surface area contributed by atoms with Gasteiger partial charge in [0.25, 0.3) is 0 Å². The number of hydrogen-bond donors (Lipinski definition) is 3. The van der Waals surface area contributed by atoms with Gasteiger partial charge in [0.15, 0.2) is 0 Å². The summed E-state index contributed by atoms with van der Waals surface area (Å²) in [4.78, 5) is 24.5. The number of aliphatic hydroxyl groups excluding tert-OH is 2. The maximum Gasteiger partial charge on any atom is 0.305 e. The summed E-state index contributed by atoms with van der Waals surface area (Å²) in [7, 11) is 0. The predicted octanol–water partition coefficient (Wildman–Crippen LogP) is 15.5. The van der Waals surface area contributed by atoms with E-state index in [0.717, 1.165) is 77.0 Å². The minimum absolute atomic E-state index is 0.0461. The molecule has 6 nitrogen and oxygen atoms in total. The molecule has 0 aliphatic heterocycles. The van der Waals surface area contributed by atoms with Gasteiger partial charge in [-0.3, -0.25) is 9.59 Å². The van der Waals surface area contributed by atoms with E-state index in [1.54, 1.807) is 6.08 Å². The highest BCUT2D eigenvalue weighted by atomic mass is 16.5. The first kappa shape index (κ1) is 57.8. The van der Waals surface area contributed by atoms with Gasteiger partial charge in [-0.15, -0.1) is 0 Å². The number of rotatable bonds is 47. The van der Waals surface area contributed by atoms with Crippen LogP contribution in [0.3, 0.4) is 0 Å². The normalized spacial score (nSPS) is 13.1. The Morgan fingerprint density at radius 2 is 0.850 bits per heavy atom. The first-order chi connectivity index (χ1) is 29.5. The molecule has 0 heterocycles. The van der Waals surface area contributed by atoms with Gasteiger partial charge in [0, 0.05) is 12.8 Å². The van der Waals surface area contributed by atoms with Crippen LogP contribution in [-0.2, 0) is 14.3 Å². The Hall–Kier alpha value is -2.18. The van der Waals surface area contributed by atoms with Crippen LogP contribution in [0.25, 0.3) is 0 Å². The molecule has 1 amide bonds. The molecule has 3 N–H and O–H groups in total. The lowest BCUT2D eigenvalue weighted by atomic mass is 10.0. The maximum absolute atomic E-state index is 12.4. The van der Waals surface area contributed by atoms with Crippen molar-refractivity contribution in [3.8, 4) is 0 Å². The summed E-state index contributed by atoms with van der Waals surface area (Å²) in [5.74, 6) is -0.176. The van der Waals surface area contributed by atoms with E-state index in [1.807, 2.05) is 6.08 Å². The number of aliphatic hydroxyl groups is 2. The molecule has 60 heavy (non-hydrogen) atoms. The molecule has 0 fully saturated rings. The van der Waals surface area contributed by atoms with Crippen molar-refractivity contribution in [2.75, 3.05) is 13.2 Å². The molecule has 0 spiro atoms. The molecule has 0 aliphatic carbocycles. The van der Waals surface area contributed by atoms with Gasteiger partial charge in [-0.1, -0.05) is 210 Å². The maximum atomic E-state index is 12.4. The summed E-state index contributed by atoms with van der Waals surface area (Å²) >= 11 is 0. The standard InChI is InChI=1S/C54H99NO5/c1-3-5-7-9-11-13-15-17-19-21-22-24-26-28-32-36-40-44-48-54(59)60-49-45-41-37-33-29-31-35-39-43-47-53(58)55-51(50-56)52(57)46-42-38-34-30-27-25-23-20-18-16-14-12-10-8-6-4-2/h13,15,19,21,31,35,42,46,51-52,56-57H,3-12,14,16-18,20,22-30,32-34,36-41,43-45,47-50H2,1-2H3,(H,55,58)/b15-13-,21-19-,35-31-,46-42+. The zero-order valence-corrected chi connectivity index (χ0v) is 39.7. The largest absolute Gasteiger partial charge is 0.466 e. The molecule has 2 atom stereocenters. The summed E-state index contributed by atoms with van der Waals surface area (Å²) in [6.45, 7) is 4.78. The fourth-order valence-corrected chi connectivity index (χ4v) is 7.55. The van der Waals surface area contributed by atoms with E-state index in [0.29, 0.717) is 19.4 Å². The van der Waals surface area contributed by atoms with E-state index >= 15 is 0 Å². The highest BCUT2D eigenvalue weighted by molar-refractivity contribution is 5.76. The van der Waals surface area contributed by atoms with Crippen molar-refractivity contribution in [1.29, 1.82) is 0 Å². The molecule has 0 saturated carbocycles. The molecule has 0 aromatic carbocycles. The van der Waals surface area contributed by atoms with Gasteiger partial charge in [-0.25, -0.2) is 0 Å². The van der Waals surface area contributed by atoms with Crippen LogP contribution in [0, 0.1) is 0 Å². The van der Waals surface area contributed by atoms with Gasteiger partial charge in [0.2, 0.25) is 5.91 Å². The SMILES string of the molecule is CCCCCC/C=C\C/C=C\CCCCCCCCCC(=O)OCCCCCC/C=C\CCCC(=O)NC(CO)C(O)/C=C/CCCCCCCCCCCCCCCC. The summed E-state index contributed by atoms with van der Waals surface area (Å²) in [5, 5.41) is 23.0. The van der Waals surface area contributed by atoms with E-state index in [-0.39, 0.29) is 18.5 Å². The highest BCUT2D eigenvalue weighted by Crippen LogP contribution is 2.15.